The van der Waals surface area contributed by atoms with Crippen LogP contribution in [0.15, 0.2) is 30.3 Å². The molecule has 0 radical (unpaired) electrons. The number of ether oxygens (including phenoxy) is 1. The normalized spacial score (nSPS) is 19.4. The van der Waals surface area contributed by atoms with Crippen molar-refractivity contribution in [3.63, 3.8) is 0 Å². The highest BCUT2D eigenvalue weighted by Gasteiger charge is 2.47. The minimum Gasteiger partial charge on any atom is -0.383 e. The highest BCUT2D eigenvalue weighted by atomic mass is 16.5. The fourth-order valence-corrected chi connectivity index (χ4v) is 3.65. The number of likely N-dealkylation sites (N-methyl/N-ethyl adjacent to an activating group) is 1. The van der Waals surface area contributed by atoms with Crippen LogP contribution in [0.25, 0.3) is 0 Å². The number of carbonyl (C=O) groups excluding carboxylic acids is 1. The zero-order valence-corrected chi connectivity index (χ0v) is 16.8. The molecule has 1 unspecified atom stereocenters. The lowest BCUT2D eigenvalue weighted by Crippen LogP contribution is -2.48. The van der Waals surface area contributed by atoms with Gasteiger partial charge in [0.25, 0.3) is 0 Å². The van der Waals surface area contributed by atoms with E-state index in [-0.39, 0.29) is 6.03 Å². The van der Waals surface area contributed by atoms with Crippen LogP contribution in [-0.4, -0.2) is 83.5 Å². The number of aromatic nitrogens is 4. The summed E-state index contributed by atoms with van der Waals surface area (Å²) in [4.78, 5) is 16.6. The summed E-state index contributed by atoms with van der Waals surface area (Å²) in [6, 6.07) is 10.1. The quantitative estimate of drug-likeness (QED) is 0.719. The van der Waals surface area contributed by atoms with Crippen LogP contribution in [0.5, 0.6) is 0 Å². The summed E-state index contributed by atoms with van der Waals surface area (Å²) in [5, 5.41) is 15.3. The van der Waals surface area contributed by atoms with Crippen LogP contribution in [0.2, 0.25) is 0 Å². The van der Waals surface area contributed by atoms with Crippen molar-refractivity contribution in [3.8, 4) is 0 Å². The lowest BCUT2D eigenvalue weighted by atomic mass is 9.96. The molecule has 3 rings (SSSR count). The summed E-state index contributed by atoms with van der Waals surface area (Å²) in [5.74, 6) is 0.772. The zero-order valence-electron chi connectivity index (χ0n) is 16.8. The fourth-order valence-electron chi connectivity index (χ4n) is 3.65. The number of methoxy groups -OCH3 is 1. The molecule has 1 saturated heterocycles. The Morgan fingerprint density at radius 3 is 2.82 bits per heavy atom. The SMILES string of the molecule is COCCn1nnnc1C1(N(C)C)CCN(C(=O)NCCc2ccccc2)C1. The van der Waals surface area contributed by atoms with Gasteiger partial charge in [-0.2, -0.15) is 0 Å². The monoisotopic (exact) mass is 387 g/mol. The van der Waals surface area contributed by atoms with E-state index in [1.165, 1.54) is 5.56 Å². The number of amides is 2. The van der Waals surface area contributed by atoms with Gasteiger partial charge in [-0.1, -0.05) is 30.3 Å². The molecule has 0 spiro atoms. The van der Waals surface area contributed by atoms with E-state index in [1.54, 1.807) is 11.8 Å². The van der Waals surface area contributed by atoms with E-state index < -0.39 is 5.54 Å². The molecule has 1 fully saturated rings. The van der Waals surface area contributed by atoms with Crippen molar-refractivity contribution >= 4 is 6.03 Å². The number of benzene rings is 1. The van der Waals surface area contributed by atoms with E-state index in [0.717, 1.165) is 18.7 Å². The molecule has 9 nitrogen and oxygen atoms in total. The Hall–Kier alpha value is -2.52. The van der Waals surface area contributed by atoms with Gasteiger partial charge in [-0.05, 0) is 42.9 Å². The molecule has 2 amide bonds. The van der Waals surface area contributed by atoms with Crippen LogP contribution in [-0.2, 0) is 23.2 Å². The highest BCUT2D eigenvalue weighted by molar-refractivity contribution is 5.74. The topological polar surface area (TPSA) is 88.4 Å². The molecule has 1 aliphatic heterocycles. The number of nitrogens with one attached hydrogen (secondary N) is 1. The average molecular weight is 387 g/mol. The van der Waals surface area contributed by atoms with Gasteiger partial charge < -0.3 is 15.0 Å². The van der Waals surface area contributed by atoms with Crippen molar-refractivity contribution in [1.82, 2.24) is 35.3 Å². The van der Waals surface area contributed by atoms with E-state index in [0.29, 0.717) is 32.8 Å². The molecule has 1 N–H and O–H groups in total. The summed E-state index contributed by atoms with van der Waals surface area (Å²) in [5.41, 5.74) is 0.803. The second-order valence-electron chi connectivity index (χ2n) is 7.28. The summed E-state index contributed by atoms with van der Waals surface area (Å²) < 4.78 is 6.94. The average Bonchev–Trinajstić information content (AvgIpc) is 3.35. The van der Waals surface area contributed by atoms with Gasteiger partial charge in [0.05, 0.1) is 13.2 Å². The molecular weight excluding hydrogens is 358 g/mol. The predicted octanol–water partition coefficient (Wildman–Crippen LogP) is 0.734. The third kappa shape index (κ3) is 4.31. The van der Waals surface area contributed by atoms with E-state index >= 15 is 0 Å². The van der Waals surface area contributed by atoms with Crippen molar-refractivity contribution in [1.29, 1.82) is 0 Å². The van der Waals surface area contributed by atoms with E-state index in [1.807, 2.05) is 37.2 Å². The second-order valence-corrected chi connectivity index (χ2v) is 7.28. The summed E-state index contributed by atoms with van der Waals surface area (Å²) >= 11 is 0. The number of rotatable bonds is 8. The lowest BCUT2D eigenvalue weighted by molar-refractivity contribution is 0.130. The van der Waals surface area contributed by atoms with Gasteiger partial charge in [0, 0.05) is 26.7 Å². The van der Waals surface area contributed by atoms with Gasteiger partial charge in [-0.15, -0.1) is 5.10 Å². The summed E-state index contributed by atoms with van der Waals surface area (Å²) in [7, 11) is 5.67. The first-order valence-electron chi connectivity index (χ1n) is 9.56. The van der Waals surface area contributed by atoms with Crippen LogP contribution in [0, 0.1) is 0 Å². The van der Waals surface area contributed by atoms with Gasteiger partial charge in [-0.25, -0.2) is 9.48 Å². The molecule has 0 saturated carbocycles. The minimum absolute atomic E-state index is 0.0458. The van der Waals surface area contributed by atoms with Gasteiger partial charge in [0.15, 0.2) is 5.82 Å². The Morgan fingerprint density at radius 2 is 2.11 bits per heavy atom. The third-order valence-electron chi connectivity index (χ3n) is 5.38. The van der Waals surface area contributed by atoms with Crippen molar-refractivity contribution in [2.45, 2.75) is 24.9 Å². The molecule has 2 heterocycles. The molecule has 1 atom stereocenters. The lowest BCUT2D eigenvalue weighted by Gasteiger charge is -2.34. The number of urea groups is 1. The Balaban J connectivity index is 1.63. The molecule has 1 aliphatic rings. The maximum absolute atomic E-state index is 12.7. The molecule has 0 bridgehead atoms. The molecule has 2 aromatic rings. The Bertz CT molecular complexity index is 765. The predicted molar refractivity (Wildman–Crippen MR) is 105 cm³/mol. The van der Waals surface area contributed by atoms with Crippen LogP contribution in [0.1, 0.15) is 17.8 Å². The van der Waals surface area contributed by atoms with Crippen molar-refractivity contribution in [2.24, 2.45) is 0 Å². The van der Waals surface area contributed by atoms with Gasteiger partial charge in [0.2, 0.25) is 0 Å². The Kier molecular flexibility index (Phi) is 6.58. The maximum atomic E-state index is 12.7. The molecule has 1 aromatic heterocycles. The summed E-state index contributed by atoms with van der Waals surface area (Å²) in [6.45, 7) is 2.93. The van der Waals surface area contributed by atoms with Crippen molar-refractivity contribution in [2.75, 3.05) is 47.4 Å². The molecule has 0 aliphatic carbocycles. The van der Waals surface area contributed by atoms with Crippen LogP contribution in [0.3, 0.4) is 0 Å². The fraction of sp³-hybridized carbons (Fsp3) is 0.579. The second kappa shape index (κ2) is 9.11. The molecule has 1 aromatic carbocycles. The number of nitrogens with zero attached hydrogens (tertiary/aromatic N) is 6. The molecule has 28 heavy (non-hydrogen) atoms. The first-order chi connectivity index (χ1) is 13.6. The standard InChI is InChI=1S/C19H29N7O2/c1-24(2)19(17-21-22-23-26(17)13-14-28-3)10-12-25(15-19)18(27)20-11-9-16-7-5-4-6-8-16/h4-8H,9-15H2,1-3H3,(H,20,27). The van der Waals surface area contributed by atoms with Crippen molar-refractivity contribution in [3.05, 3.63) is 41.7 Å². The summed E-state index contributed by atoms with van der Waals surface area (Å²) in [6.07, 6.45) is 1.59. The third-order valence-corrected chi connectivity index (χ3v) is 5.38. The Labute approximate surface area is 165 Å². The molecular formula is C19H29N7O2. The van der Waals surface area contributed by atoms with Crippen molar-refractivity contribution < 1.29 is 9.53 Å². The first-order valence-corrected chi connectivity index (χ1v) is 9.56. The van der Waals surface area contributed by atoms with Crippen LogP contribution in [0.4, 0.5) is 4.79 Å². The van der Waals surface area contributed by atoms with Gasteiger partial charge in [-0.3, -0.25) is 4.90 Å². The number of hydrogen-bond acceptors (Lipinski definition) is 6. The number of carbonyl (C=O) groups is 1. The molecule has 152 valence electrons. The van der Waals surface area contributed by atoms with E-state index in [9.17, 15) is 4.79 Å². The minimum atomic E-state index is -0.409. The van der Waals surface area contributed by atoms with E-state index in [2.05, 4.69) is 37.9 Å². The number of hydrogen-bond donors (Lipinski definition) is 1. The highest BCUT2D eigenvalue weighted by Crippen LogP contribution is 2.35. The van der Waals surface area contributed by atoms with E-state index in [4.69, 9.17) is 4.74 Å². The number of likely N-dealkylation sites (tertiary alicyclic amines) is 1. The number of tetrazole rings is 1. The maximum Gasteiger partial charge on any atom is 0.317 e. The first kappa shape index (κ1) is 20.2. The van der Waals surface area contributed by atoms with Gasteiger partial charge >= 0.3 is 6.03 Å². The van der Waals surface area contributed by atoms with Crippen LogP contribution >= 0.6 is 0 Å². The molecule has 9 heteroatoms. The van der Waals surface area contributed by atoms with Gasteiger partial charge in [0.1, 0.15) is 5.54 Å². The smallest absolute Gasteiger partial charge is 0.317 e. The largest absolute Gasteiger partial charge is 0.383 e. The van der Waals surface area contributed by atoms with Crippen LogP contribution < -0.4 is 5.32 Å². The Morgan fingerprint density at radius 1 is 1.32 bits per heavy atom. The zero-order chi connectivity index (χ0) is 20.0.